The van der Waals surface area contributed by atoms with Gasteiger partial charge in [-0.25, -0.2) is 0 Å². The predicted octanol–water partition coefficient (Wildman–Crippen LogP) is 4.24. The molecule has 0 aliphatic heterocycles. The molecule has 0 amide bonds. The molecule has 76 valence electrons. The van der Waals surface area contributed by atoms with Crippen molar-refractivity contribution in [3.63, 3.8) is 0 Å². The highest BCUT2D eigenvalue weighted by Gasteiger charge is 2.14. The van der Waals surface area contributed by atoms with Crippen molar-refractivity contribution in [1.82, 2.24) is 0 Å². The number of hydrogen-bond acceptors (Lipinski definition) is 0. The van der Waals surface area contributed by atoms with Gasteiger partial charge in [0.1, 0.15) is 0 Å². The van der Waals surface area contributed by atoms with Crippen LogP contribution in [0.4, 0.5) is 0 Å². The molecular weight excluding hydrogens is 188 g/mol. The highest BCUT2D eigenvalue weighted by molar-refractivity contribution is 6.83. The summed E-state index contributed by atoms with van der Waals surface area (Å²) >= 11 is 0. The first kappa shape index (κ1) is 12.9. The van der Waals surface area contributed by atoms with Gasteiger partial charge in [-0.1, -0.05) is 62.3 Å². The van der Waals surface area contributed by atoms with E-state index in [1.165, 1.54) is 0 Å². The van der Waals surface area contributed by atoms with Gasteiger partial charge in [-0.15, -0.1) is 0 Å². The predicted molar refractivity (Wildman–Crippen MR) is 69.6 cm³/mol. The Morgan fingerprint density at radius 2 is 1.38 bits per heavy atom. The zero-order chi connectivity index (χ0) is 10.7. The lowest BCUT2D eigenvalue weighted by Gasteiger charge is -2.16. The number of hydrogen-bond donors (Lipinski definition) is 0. The normalized spacial score (nSPS) is 15.5. The Morgan fingerprint density at radius 1 is 0.923 bits per heavy atom. The Hall–Kier alpha value is -0.0862. The molecule has 0 saturated heterocycles. The molecule has 0 aliphatic carbocycles. The molecule has 13 heavy (non-hydrogen) atoms. The van der Waals surface area contributed by atoms with Gasteiger partial charge in [0, 0.05) is 0 Å². The molecule has 0 N–H and O–H groups in total. The largest absolute Gasteiger partial charge is 0.0950 e. The molecule has 0 aromatic rings. The van der Waals surface area contributed by atoms with Crippen LogP contribution in [0, 0.1) is 0 Å². The molecule has 0 spiro atoms. The summed E-state index contributed by atoms with van der Waals surface area (Å²) in [5.74, 6) is 0. The van der Waals surface area contributed by atoms with E-state index >= 15 is 0 Å². The van der Waals surface area contributed by atoms with E-state index in [1.807, 2.05) is 0 Å². The van der Waals surface area contributed by atoms with Gasteiger partial charge in [-0.3, -0.25) is 0 Å². The average molecular weight is 212 g/mol. The van der Waals surface area contributed by atoms with Crippen molar-refractivity contribution >= 4 is 16.1 Å². The number of allylic oxidation sites excluding steroid dienone is 3. The van der Waals surface area contributed by atoms with E-state index in [-0.39, 0.29) is 0 Å². The molecule has 0 fully saturated rings. The second-order valence-corrected chi connectivity index (χ2v) is 16.2. The van der Waals surface area contributed by atoms with Crippen LogP contribution in [-0.2, 0) is 0 Å². The fourth-order valence-electron chi connectivity index (χ4n) is 0.731. The quantitative estimate of drug-likeness (QED) is 0.485. The molecule has 0 aromatic carbocycles. The SMILES string of the molecule is CC(=CC=C[Si](C)(C)C)[Si](C)(C)C. The van der Waals surface area contributed by atoms with Crippen molar-refractivity contribution in [2.75, 3.05) is 0 Å². The van der Waals surface area contributed by atoms with Gasteiger partial charge < -0.3 is 0 Å². The zero-order valence-electron chi connectivity index (χ0n) is 10.2. The second-order valence-electron chi connectivity index (χ2n) is 5.82. The van der Waals surface area contributed by atoms with Crippen LogP contribution < -0.4 is 0 Å². The maximum atomic E-state index is 2.40. The molecule has 0 unspecified atom stereocenters. The summed E-state index contributed by atoms with van der Waals surface area (Å²) in [6.07, 6.45) is 4.57. The Kier molecular flexibility index (Phi) is 4.39. The zero-order valence-corrected chi connectivity index (χ0v) is 12.2. The van der Waals surface area contributed by atoms with Crippen LogP contribution in [0.2, 0.25) is 39.3 Å². The third-order valence-electron chi connectivity index (χ3n) is 2.13. The summed E-state index contributed by atoms with van der Waals surface area (Å²) in [5.41, 5.74) is 2.40. The van der Waals surface area contributed by atoms with Gasteiger partial charge in [-0.05, 0) is 6.92 Å². The molecule has 0 radical (unpaired) electrons. The van der Waals surface area contributed by atoms with E-state index in [0.29, 0.717) is 0 Å². The fourth-order valence-corrected chi connectivity index (χ4v) is 2.00. The third-order valence-corrected chi connectivity index (χ3v) is 5.85. The maximum absolute atomic E-state index is 2.40. The molecule has 2 heteroatoms. The van der Waals surface area contributed by atoms with E-state index in [1.54, 1.807) is 5.20 Å². The van der Waals surface area contributed by atoms with Crippen molar-refractivity contribution in [2.24, 2.45) is 0 Å². The summed E-state index contributed by atoms with van der Waals surface area (Å²) < 4.78 is 0. The van der Waals surface area contributed by atoms with Crippen LogP contribution in [0.25, 0.3) is 0 Å². The van der Waals surface area contributed by atoms with E-state index < -0.39 is 16.1 Å². The van der Waals surface area contributed by atoms with Crippen LogP contribution >= 0.6 is 0 Å². The highest BCUT2D eigenvalue weighted by Crippen LogP contribution is 2.13. The van der Waals surface area contributed by atoms with Crippen LogP contribution in [-0.4, -0.2) is 16.1 Å². The monoisotopic (exact) mass is 212 g/mol. The Balaban J connectivity index is 4.37. The van der Waals surface area contributed by atoms with Crippen molar-refractivity contribution in [3.05, 3.63) is 23.0 Å². The molecule has 0 atom stereocenters. The van der Waals surface area contributed by atoms with Gasteiger partial charge in [-0.2, -0.15) is 0 Å². The van der Waals surface area contributed by atoms with Gasteiger partial charge in [0.25, 0.3) is 0 Å². The van der Waals surface area contributed by atoms with Crippen LogP contribution in [0.3, 0.4) is 0 Å². The minimum absolute atomic E-state index is 0.993. The lowest BCUT2D eigenvalue weighted by molar-refractivity contribution is 1.53. The van der Waals surface area contributed by atoms with Gasteiger partial charge >= 0.3 is 0 Å². The Morgan fingerprint density at radius 3 is 1.69 bits per heavy atom. The summed E-state index contributed by atoms with van der Waals surface area (Å²) in [5, 5.41) is 1.59. The minimum Gasteiger partial charge on any atom is -0.0950 e. The average Bonchev–Trinajstić information content (AvgIpc) is 1.82. The van der Waals surface area contributed by atoms with E-state index in [2.05, 4.69) is 64.1 Å². The molecule has 0 aliphatic rings. The van der Waals surface area contributed by atoms with Crippen LogP contribution in [0.1, 0.15) is 6.92 Å². The molecule has 0 bridgehead atoms. The fraction of sp³-hybridized carbons (Fsp3) is 0.636. The smallest absolute Gasteiger partial charge is 0.0720 e. The molecule has 0 heterocycles. The second kappa shape index (κ2) is 4.42. The molecule has 0 nitrogen and oxygen atoms in total. The van der Waals surface area contributed by atoms with Crippen molar-refractivity contribution in [3.8, 4) is 0 Å². The molecule has 0 rings (SSSR count). The Bertz CT molecular complexity index is 211. The van der Waals surface area contributed by atoms with Crippen molar-refractivity contribution in [1.29, 1.82) is 0 Å². The number of rotatable bonds is 3. The minimum atomic E-state index is -1.03. The highest BCUT2D eigenvalue weighted by atomic mass is 28.3. The first-order valence-corrected chi connectivity index (χ1v) is 12.1. The van der Waals surface area contributed by atoms with Gasteiger partial charge in [0.05, 0.1) is 16.1 Å². The summed E-state index contributed by atoms with van der Waals surface area (Å²) in [4.78, 5) is 0. The van der Waals surface area contributed by atoms with Crippen LogP contribution in [0.5, 0.6) is 0 Å². The lowest BCUT2D eigenvalue weighted by atomic mass is 10.5. The summed E-state index contributed by atoms with van der Waals surface area (Å²) in [6, 6.07) is 0. The molecular formula is C11H24Si2. The molecule has 0 aromatic heterocycles. The summed E-state index contributed by atoms with van der Waals surface area (Å²) in [7, 11) is -2.02. The maximum Gasteiger partial charge on any atom is 0.0720 e. The topological polar surface area (TPSA) is 0 Å². The first-order valence-electron chi connectivity index (χ1n) is 4.99. The van der Waals surface area contributed by atoms with Crippen molar-refractivity contribution < 1.29 is 0 Å². The van der Waals surface area contributed by atoms with Crippen LogP contribution in [0.15, 0.2) is 23.0 Å². The van der Waals surface area contributed by atoms with E-state index in [9.17, 15) is 0 Å². The standard InChI is InChI=1S/C11H24Si2/c1-11(13(5,6)7)9-8-10-12(2,3)4/h8-10H,1-7H3. The van der Waals surface area contributed by atoms with E-state index in [4.69, 9.17) is 0 Å². The first-order chi connectivity index (χ1) is 5.63. The summed E-state index contributed by atoms with van der Waals surface area (Å²) in [6.45, 7) is 16.5. The van der Waals surface area contributed by atoms with Gasteiger partial charge in [0.2, 0.25) is 0 Å². The molecule has 0 saturated carbocycles. The van der Waals surface area contributed by atoms with Crippen molar-refractivity contribution in [2.45, 2.75) is 46.2 Å². The van der Waals surface area contributed by atoms with E-state index in [0.717, 1.165) is 0 Å². The Labute approximate surface area is 85.8 Å². The van der Waals surface area contributed by atoms with Gasteiger partial charge in [0.15, 0.2) is 0 Å². The lowest BCUT2D eigenvalue weighted by Crippen LogP contribution is -2.21. The third kappa shape index (κ3) is 7.02.